The van der Waals surface area contributed by atoms with Gasteiger partial charge in [-0.1, -0.05) is 61.9 Å². The van der Waals surface area contributed by atoms with Gasteiger partial charge < -0.3 is 116 Å². The number of carbonyl (C=O) groups excluding carboxylic acids is 1. The number of hydrogen-bond acceptors (Lipinski definition) is 22. The first-order chi connectivity index (χ1) is 50.2. The lowest BCUT2D eigenvalue weighted by molar-refractivity contribution is -0.144. The molecule has 22 N–H and O–H groups in total. The standard InChI is InChI=1S/C66H76N14O26/c1-3-8-44-54(106-44)65(103)77-43(27-81)61(99)79-50-28(2)105-66(104)42(20-31-25-69-36-12-7-5-10-34(31)36)76-57(95)37(17-18-46(84)85)71-64(102)52(53(92)55(67)93)78-45(83)26-70-56(94)39(21-47(86)87)75-63(101)51(29-13-15-32(82)16-14-29)80-60(98)41(23-49(90)91)73-59(97)40(22-48(88)89)72-58(96)38(74-62(50)100)19-30-24-68-35-11-6-4-9-33(30)35/h4-7,9-16,20,24-25,28,37-41,43-44,50-54,68-69,81-82,92H,3,8,17-19,21-23,26-27H2,1-2H3,(H2,67,93)(H,70,94)(H,71,102)(H,72,96)(H,73,97)(H,74,100)(H,75,101)(H,76,95)(H,77,103)(H,78,83)(H,79,99)(H,80,98)(H,84,85)(H,86,87)(H,88,89)(H,90,91). The van der Waals surface area contributed by atoms with Crippen molar-refractivity contribution in [3.8, 4) is 5.75 Å². The van der Waals surface area contributed by atoms with Crippen LogP contribution in [0.25, 0.3) is 27.9 Å². The Morgan fingerprint density at radius 3 is 1.77 bits per heavy atom. The molecule has 106 heavy (non-hydrogen) atoms. The van der Waals surface area contributed by atoms with Crippen LogP contribution in [0.3, 0.4) is 0 Å². The zero-order valence-electron chi connectivity index (χ0n) is 56.0. The molecule has 2 aromatic heterocycles. The highest BCUT2D eigenvalue weighted by molar-refractivity contribution is 6.02. The van der Waals surface area contributed by atoms with Crippen LogP contribution in [-0.4, -0.2) is 294 Å². The summed E-state index contributed by atoms with van der Waals surface area (Å²) in [5.74, 6) is -25.0. The van der Waals surface area contributed by atoms with Crippen LogP contribution < -0.4 is 0 Å². The molecule has 1 fully saturated rings. The first-order valence-electron chi connectivity index (χ1n) is 32.1. The van der Waals surface area contributed by atoms with Gasteiger partial charge in [0.1, 0.15) is 48.6 Å². The number of cyclic esters (lactones) is 1. The fourth-order valence-corrected chi connectivity index (χ4v) is 10.4. The number of aromatic nitrogens is 2. The molecule has 40 nitrogen and oxygen atoms in total. The number of H-pyrrole nitrogens is 2. The predicted molar refractivity (Wildman–Crippen MR) is 381 cm³/mol. The smallest absolute Gasteiger partial charge is 0.357 e. The Balaban J connectivity index is 1.54. The predicted octanol–water partition coefficient (Wildman–Crippen LogP) is 4.84. The molecular weight excluding hydrogens is 1400 g/mol. The number of nitrogens with zero attached hydrogens (tertiary/aromatic N) is 11. The lowest BCUT2D eigenvalue weighted by Crippen LogP contribution is -2.40. The summed E-state index contributed by atoms with van der Waals surface area (Å²) in [7, 11) is 0. The molecular formula is C66H76N14O26. The second-order valence-corrected chi connectivity index (χ2v) is 23.7. The lowest BCUT2D eigenvalue weighted by Gasteiger charge is -2.22. The second kappa shape index (κ2) is 36.8. The van der Waals surface area contributed by atoms with Crippen LogP contribution in [0, 0.1) is 5.41 Å². The van der Waals surface area contributed by atoms with Gasteiger partial charge >= 0.3 is 29.8 Å². The first kappa shape index (κ1) is 80.5. The third kappa shape index (κ3) is 22.3. The molecule has 7 rings (SSSR count). The highest BCUT2D eigenvalue weighted by Crippen LogP contribution is 2.30. The molecule has 3 aromatic carbocycles. The van der Waals surface area contributed by atoms with Crippen LogP contribution >= 0.6 is 0 Å². The molecule has 0 spiro atoms. The van der Waals surface area contributed by atoms with Gasteiger partial charge in [-0.05, 0) is 61.2 Å². The molecule has 4 heterocycles. The third-order valence-corrected chi connectivity index (χ3v) is 15.8. The molecule has 2 aliphatic heterocycles. The molecule has 0 amide bonds. The Morgan fingerprint density at radius 2 is 1.18 bits per heavy atom. The highest BCUT2D eigenvalue weighted by atomic mass is 16.6. The zero-order valence-corrected chi connectivity index (χ0v) is 56.0. The summed E-state index contributed by atoms with van der Waals surface area (Å²) in [6.07, 6.45) is -7.72. The summed E-state index contributed by atoms with van der Waals surface area (Å²) in [5.41, 5.74) is 0.0962. The summed E-state index contributed by atoms with van der Waals surface area (Å²) in [5, 5.41) is 219. The minimum atomic E-state index is -2.69. The molecule has 40 heteroatoms. The van der Waals surface area contributed by atoms with Crippen molar-refractivity contribution in [2.45, 2.75) is 144 Å². The average Bonchev–Trinajstić information content (AvgIpc) is 1.67. The minimum absolute atomic E-state index is 0.114. The number of carbonyl (C=O) groups is 5. The number of rotatable bonds is 22. The van der Waals surface area contributed by atoms with E-state index >= 15 is 0 Å². The van der Waals surface area contributed by atoms with Crippen LogP contribution in [0.5, 0.6) is 5.75 Å². The maximum atomic E-state index is 15.0. The average molecular weight is 1480 g/mol. The van der Waals surface area contributed by atoms with Crippen molar-refractivity contribution in [2.24, 2.45) is 54.9 Å². The van der Waals surface area contributed by atoms with Gasteiger partial charge in [-0.2, -0.15) is 0 Å². The fraction of sp³-hybridized carbons (Fsp3) is 0.379. The molecule has 0 bridgehead atoms. The number of phenolic OH excluding ortho intramolecular Hbond substituents is 1. The lowest BCUT2D eigenvalue weighted by atomic mass is 10.0. The van der Waals surface area contributed by atoms with Gasteiger partial charge in [-0.15, -0.1) is 0 Å². The molecule has 0 saturated carbocycles. The Bertz CT molecular complexity index is 4440. The number of aromatic amines is 2. The van der Waals surface area contributed by atoms with Crippen LogP contribution in [0.4, 0.5) is 0 Å². The minimum Gasteiger partial charge on any atom is -0.508 e. The third-order valence-electron chi connectivity index (χ3n) is 15.8. The number of aliphatic hydroxyl groups is 14. The van der Waals surface area contributed by atoms with E-state index in [-0.39, 0.29) is 16.7 Å². The molecule has 2 aliphatic rings. The van der Waals surface area contributed by atoms with Gasteiger partial charge in [-0.25, -0.2) is 59.7 Å². The second-order valence-electron chi connectivity index (χ2n) is 23.7. The van der Waals surface area contributed by atoms with E-state index in [2.05, 4.69) is 64.9 Å². The summed E-state index contributed by atoms with van der Waals surface area (Å²) < 4.78 is 11.3. The largest absolute Gasteiger partial charge is 0.508 e. The van der Waals surface area contributed by atoms with E-state index in [0.717, 1.165) is 37.3 Å². The van der Waals surface area contributed by atoms with E-state index in [0.29, 0.717) is 34.6 Å². The molecule has 0 aliphatic carbocycles. The van der Waals surface area contributed by atoms with E-state index in [1.54, 1.807) is 48.5 Å². The number of aliphatic carboxylic acids is 4. The summed E-state index contributed by atoms with van der Waals surface area (Å²) in [4.78, 5) is 113. The van der Waals surface area contributed by atoms with Crippen molar-refractivity contribution in [3.63, 3.8) is 0 Å². The molecule has 13 atom stereocenters. The number of para-hydroxylation sites is 2. The van der Waals surface area contributed by atoms with Gasteiger partial charge in [0.25, 0.3) is 0 Å². The van der Waals surface area contributed by atoms with Crippen LogP contribution in [-0.2, 0) is 39.9 Å². The number of aliphatic hydroxyl groups excluding tert-OH is 14. The summed E-state index contributed by atoms with van der Waals surface area (Å²) in [6.45, 7) is 0.428. The summed E-state index contributed by atoms with van der Waals surface area (Å²) in [6, 6.07) is -2.91. The molecule has 13 unspecified atom stereocenters. The highest BCUT2D eigenvalue weighted by Gasteiger charge is 2.43. The van der Waals surface area contributed by atoms with Crippen molar-refractivity contribution in [2.75, 3.05) is 13.2 Å². The van der Waals surface area contributed by atoms with Crippen molar-refractivity contribution >= 4 is 129 Å². The maximum absolute atomic E-state index is 15.0. The number of epoxide rings is 1. The molecule has 5 aromatic rings. The van der Waals surface area contributed by atoms with Gasteiger partial charge in [0.2, 0.25) is 70.8 Å². The normalized spacial score (nSPS) is 24.4. The monoisotopic (exact) mass is 1480 g/mol. The Morgan fingerprint density at radius 1 is 0.632 bits per heavy atom. The number of carboxylic acid groups (broad SMARTS) is 4. The van der Waals surface area contributed by atoms with E-state index in [1.807, 2.05) is 6.92 Å². The van der Waals surface area contributed by atoms with E-state index in [9.17, 15) is 121 Å². The fourth-order valence-electron chi connectivity index (χ4n) is 10.4. The SMILES string of the molecule is CCCC1OC1C(O)=NC(CO)C(O)=NC1C(O)=NC(Cc2c[nH]c3ccccc23)C(O)=NC(CC(=O)O)C(O)=NC(CC(=O)O)C(O)=NC(c2ccc(O)cc2)C(O)=NC(CC(=O)O)C(O)=NCC(O)=NC(C(O)C(=N)O)C(O)=NC(CCC(=O)O)C(O)=NC(=Cc2c[nH]c3ccccc23)C(=O)OC1C. The number of nitrogens with one attached hydrogen (secondary N) is 3. The van der Waals surface area contributed by atoms with E-state index < -0.39 is 243 Å². The van der Waals surface area contributed by atoms with Gasteiger partial charge in [0, 0.05) is 52.6 Å². The number of esters is 1. The van der Waals surface area contributed by atoms with Gasteiger partial charge in [-0.3, -0.25) is 24.6 Å². The van der Waals surface area contributed by atoms with Crippen molar-refractivity contribution in [1.29, 1.82) is 5.41 Å². The first-order valence-corrected chi connectivity index (χ1v) is 32.1. The van der Waals surface area contributed by atoms with Crippen LogP contribution in [0.15, 0.2) is 146 Å². The number of carboxylic acids is 4. The topological polar surface area (TPSA) is 683 Å². The van der Waals surface area contributed by atoms with Gasteiger partial charge in [0.05, 0.1) is 32.0 Å². The van der Waals surface area contributed by atoms with E-state index in [1.165, 1.54) is 12.4 Å². The van der Waals surface area contributed by atoms with Crippen LogP contribution in [0.2, 0.25) is 0 Å². The number of ether oxygens (including phenoxy) is 2. The number of hydrogen-bond donors (Lipinski definition) is 22. The number of aliphatic imine (C=N–C) groups is 11. The molecule has 566 valence electrons. The quantitative estimate of drug-likeness (QED) is 0.0145. The number of fused-ring (bicyclic) bond motifs is 2. The van der Waals surface area contributed by atoms with Crippen molar-refractivity contribution < 1.29 is 130 Å². The summed E-state index contributed by atoms with van der Waals surface area (Å²) >= 11 is 0. The Hall–Kier alpha value is -12.9. The molecule has 1 saturated heterocycles. The van der Waals surface area contributed by atoms with Crippen LogP contribution in [0.1, 0.15) is 81.5 Å². The molecule has 0 radical (unpaired) electrons. The number of phenols is 1. The van der Waals surface area contributed by atoms with Crippen molar-refractivity contribution in [3.05, 3.63) is 108 Å². The Labute approximate surface area is 597 Å². The van der Waals surface area contributed by atoms with Gasteiger partial charge in [0.15, 0.2) is 42.1 Å². The van der Waals surface area contributed by atoms with E-state index in [4.69, 9.17) is 14.9 Å². The zero-order chi connectivity index (χ0) is 77.8. The Kier molecular flexibility index (Phi) is 28.0. The number of benzene rings is 3. The maximum Gasteiger partial charge on any atom is 0.357 e. The van der Waals surface area contributed by atoms with Crippen molar-refractivity contribution in [1.82, 2.24) is 9.97 Å². The number of aromatic hydroxyl groups is 1.